The predicted octanol–water partition coefficient (Wildman–Crippen LogP) is 4.08. The van der Waals surface area contributed by atoms with Crippen molar-refractivity contribution in [1.82, 2.24) is 19.6 Å². The SMILES string of the molecule is CNC1CCN(S(=O)(=O)c2ccc3c(c2)CN(c2ncnc4c(C)cc(C5=CN=CCC5)cc24)CC3)CC1. The van der Waals surface area contributed by atoms with E-state index in [2.05, 4.69) is 39.2 Å². The minimum absolute atomic E-state index is 0.382. The van der Waals surface area contributed by atoms with Crippen molar-refractivity contribution in [1.29, 1.82) is 0 Å². The van der Waals surface area contributed by atoms with E-state index in [1.54, 1.807) is 16.7 Å². The number of hydrogen-bond acceptors (Lipinski definition) is 7. The Bertz CT molecular complexity index is 1540. The van der Waals surface area contributed by atoms with E-state index in [0.29, 0.717) is 30.6 Å². The van der Waals surface area contributed by atoms with Crippen molar-refractivity contribution in [2.75, 3.05) is 31.6 Å². The Kier molecular flexibility index (Phi) is 6.75. The fourth-order valence-electron chi connectivity index (χ4n) is 5.90. The van der Waals surface area contributed by atoms with Crippen molar-refractivity contribution in [3.63, 3.8) is 0 Å². The van der Waals surface area contributed by atoms with Crippen LogP contribution in [0.25, 0.3) is 16.5 Å². The van der Waals surface area contributed by atoms with Crippen LogP contribution >= 0.6 is 0 Å². The highest BCUT2D eigenvalue weighted by molar-refractivity contribution is 7.89. The van der Waals surface area contributed by atoms with E-state index in [0.717, 1.165) is 72.1 Å². The van der Waals surface area contributed by atoms with Gasteiger partial charge in [-0.05, 0) is 98.2 Å². The van der Waals surface area contributed by atoms with Gasteiger partial charge in [-0.3, -0.25) is 4.99 Å². The Balaban J connectivity index is 1.32. The third-order valence-electron chi connectivity index (χ3n) is 8.15. The molecule has 0 atom stereocenters. The van der Waals surface area contributed by atoms with E-state index in [9.17, 15) is 8.42 Å². The van der Waals surface area contributed by atoms with Crippen molar-refractivity contribution < 1.29 is 8.42 Å². The largest absolute Gasteiger partial charge is 0.351 e. The van der Waals surface area contributed by atoms with E-state index < -0.39 is 10.0 Å². The summed E-state index contributed by atoms with van der Waals surface area (Å²) in [6.45, 7) is 4.62. The summed E-state index contributed by atoms with van der Waals surface area (Å²) in [5.41, 5.74) is 6.71. The number of sulfonamides is 1. The van der Waals surface area contributed by atoms with Crippen molar-refractivity contribution >= 4 is 38.5 Å². The van der Waals surface area contributed by atoms with Crippen LogP contribution in [0.2, 0.25) is 0 Å². The lowest BCUT2D eigenvalue weighted by Crippen LogP contribution is -2.43. The molecule has 8 nitrogen and oxygen atoms in total. The zero-order chi connectivity index (χ0) is 26.3. The minimum atomic E-state index is -3.52. The van der Waals surface area contributed by atoms with Crippen LogP contribution in [0.5, 0.6) is 0 Å². The predicted molar refractivity (Wildman–Crippen MR) is 152 cm³/mol. The quantitative estimate of drug-likeness (QED) is 0.535. The van der Waals surface area contributed by atoms with Gasteiger partial charge in [0.1, 0.15) is 12.1 Å². The molecule has 6 rings (SSSR count). The molecule has 0 bridgehead atoms. The van der Waals surface area contributed by atoms with Gasteiger partial charge < -0.3 is 10.2 Å². The molecule has 38 heavy (non-hydrogen) atoms. The average Bonchev–Trinajstić information content (AvgIpc) is 2.96. The molecule has 1 saturated heterocycles. The molecule has 1 N–H and O–H groups in total. The number of nitrogens with zero attached hydrogens (tertiary/aromatic N) is 5. The van der Waals surface area contributed by atoms with Crippen molar-refractivity contribution in [3.05, 3.63) is 65.1 Å². The number of piperidine rings is 1. The number of rotatable bonds is 5. The molecule has 4 heterocycles. The molecule has 1 fully saturated rings. The lowest BCUT2D eigenvalue weighted by molar-refractivity contribution is 0.298. The van der Waals surface area contributed by atoms with Crippen LogP contribution in [0.15, 0.2) is 52.7 Å². The molecule has 0 amide bonds. The Hall–Kier alpha value is -3.14. The molecule has 0 saturated carbocycles. The molecule has 198 valence electrons. The Morgan fingerprint density at radius 2 is 1.84 bits per heavy atom. The molecule has 2 aromatic carbocycles. The monoisotopic (exact) mass is 530 g/mol. The molecular formula is C29H34N6O2S. The molecule has 0 aliphatic carbocycles. The summed E-state index contributed by atoms with van der Waals surface area (Å²) >= 11 is 0. The van der Waals surface area contributed by atoms with Gasteiger partial charge in [0.15, 0.2) is 0 Å². The highest BCUT2D eigenvalue weighted by atomic mass is 32.2. The number of fused-ring (bicyclic) bond motifs is 2. The van der Waals surface area contributed by atoms with Crippen LogP contribution in [-0.2, 0) is 23.0 Å². The van der Waals surface area contributed by atoms with Crippen LogP contribution in [0, 0.1) is 6.92 Å². The average molecular weight is 531 g/mol. The second-order valence-corrected chi connectivity index (χ2v) is 12.4. The van der Waals surface area contributed by atoms with E-state index >= 15 is 0 Å². The summed E-state index contributed by atoms with van der Waals surface area (Å²) in [6, 6.07) is 10.4. The maximum Gasteiger partial charge on any atom is 0.243 e. The topological polar surface area (TPSA) is 90.8 Å². The number of nitrogens with one attached hydrogen (secondary N) is 1. The third-order valence-corrected chi connectivity index (χ3v) is 10.0. The highest BCUT2D eigenvalue weighted by Gasteiger charge is 2.30. The first-order chi connectivity index (χ1) is 18.4. The smallest absolute Gasteiger partial charge is 0.243 e. The Labute approximate surface area is 224 Å². The number of aromatic nitrogens is 2. The molecule has 0 radical (unpaired) electrons. The van der Waals surface area contributed by atoms with Crippen LogP contribution < -0.4 is 10.2 Å². The number of aryl methyl sites for hydroxylation is 1. The number of anilines is 1. The van der Waals surface area contributed by atoms with E-state index in [4.69, 9.17) is 4.98 Å². The molecule has 3 aliphatic heterocycles. The number of allylic oxidation sites excluding steroid dienone is 1. The maximum atomic E-state index is 13.5. The van der Waals surface area contributed by atoms with Crippen LogP contribution in [0.1, 0.15) is 47.9 Å². The Morgan fingerprint density at radius 1 is 1.00 bits per heavy atom. The van der Waals surface area contributed by atoms with Gasteiger partial charge in [-0.2, -0.15) is 4.31 Å². The lowest BCUT2D eigenvalue weighted by atomic mass is 9.96. The number of aliphatic imine (C=N–C) groups is 1. The first-order valence-electron chi connectivity index (χ1n) is 13.4. The van der Waals surface area contributed by atoms with Crippen molar-refractivity contribution in [2.45, 2.75) is 56.5 Å². The van der Waals surface area contributed by atoms with Gasteiger partial charge in [-0.25, -0.2) is 18.4 Å². The molecule has 3 aromatic rings. The molecule has 0 unspecified atom stereocenters. The second-order valence-electron chi connectivity index (χ2n) is 10.5. The second kappa shape index (κ2) is 10.2. The fraction of sp³-hybridized carbons (Fsp3) is 0.414. The highest BCUT2D eigenvalue weighted by Crippen LogP contribution is 2.34. The summed E-state index contributed by atoms with van der Waals surface area (Å²) in [7, 11) is -1.58. The van der Waals surface area contributed by atoms with Gasteiger partial charge >= 0.3 is 0 Å². The summed E-state index contributed by atoms with van der Waals surface area (Å²) in [4.78, 5) is 16.3. The fourth-order valence-corrected chi connectivity index (χ4v) is 7.42. The normalized spacial score (nSPS) is 19.0. The minimum Gasteiger partial charge on any atom is -0.351 e. The lowest BCUT2D eigenvalue weighted by Gasteiger charge is -2.33. The summed E-state index contributed by atoms with van der Waals surface area (Å²) < 4.78 is 28.6. The molecule has 9 heteroatoms. The van der Waals surface area contributed by atoms with E-state index in [1.165, 1.54) is 11.1 Å². The first-order valence-corrected chi connectivity index (χ1v) is 14.9. The standard InChI is InChI=1S/C29H34N6O2S/c1-20-14-23(22-4-3-10-31-17-22)16-27-28(20)32-19-33-29(27)34-11-7-21-5-6-26(15-24(21)18-34)38(36,37)35-12-8-25(30-2)9-13-35/h5-6,10,14-17,19,25,30H,3-4,7-9,11-13,18H2,1-2H3. The van der Waals surface area contributed by atoms with Gasteiger partial charge in [0.2, 0.25) is 10.0 Å². The van der Waals surface area contributed by atoms with E-state index in [1.807, 2.05) is 31.6 Å². The van der Waals surface area contributed by atoms with Gasteiger partial charge in [0.25, 0.3) is 0 Å². The van der Waals surface area contributed by atoms with Crippen molar-refractivity contribution in [3.8, 4) is 0 Å². The maximum absolute atomic E-state index is 13.5. The first kappa shape index (κ1) is 25.2. The Morgan fingerprint density at radius 3 is 2.61 bits per heavy atom. The molecule has 3 aliphatic rings. The van der Waals surface area contributed by atoms with Gasteiger partial charge in [-0.15, -0.1) is 0 Å². The van der Waals surface area contributed by atoms with Crippen molar-refractivity contribution in [2.24, 2.45) is 4.99 Å². The summed E-state index contributed by atoms with van der Waals surface area (Å²) in [5, 5.41) is 4.29. The molecule has 1 aromatic heterocycles. The number of benzene rings is 2. The van der Waals surface area contributed by atoms with Crippen LogP contribution in [0.3, 0.4) is 0 Å². The van der Waals surface area contributed by atoms with Gasteiger partial charge in [0.05, 0.1) is 10.4 Å². The van der Waals surface area contributed by atoms with Crippen LogP contribution in [-0.4, -0.2) is 61.6 Å². The van der Waals surface area contributed by atoms with E-state index in [-0.39, 0.29) is 0 Å². The summed E-state index contributed by atoms with van der Waals surface area (Å²) in [6.07, 6.45) is 9.97. The summed E-state index contributed by atoms with van der Waals surface area (Å²) in [5.74, 6) is 0.896. The zero-order valence-corrected chi connectivity index (χ0v) is 22.8. The third kappa shape index (κ3) is 4.63. The molecular weight excluding hydrogens is 496 g/mol. The van der Waals surface area contributed by atoms with Gasteiger partial charge in [-0.1, -0.05) is 6.07 Å². The zero-order valence-electron chi connectivity index (χ0n) is 22.0. The number of hydrogen-bond donors (Lipinski definition) is 1. The van der Waals surface area contributed by atoms with Gasteiger partial charge in [0, 0.05) is 50.0 Å². The molecule has 0 spiro atoms. The van der Waals surface area contributed by atoms with Crippen LogP contribution in [0.4, 0.5) is 5.82 Å².